The van der Waals surface area contributed by atoms with Crippen molar-refractivity contribution in [3.05, 3.63) is 82.6 Å². The molecule has 0 bridgehead atoms. The first-order valence-corrected chi connectivity index (χ1v) is 9.39. The Bertz CT molecular complexity index is 972. The lowest BCUT2D eigenvalue weighted by atomic mass is 9.92. The molecule has 0 saturated heterocycles. The quantitative estimate of drug-likeness (QED) is 0.750. The van der Waals surface area contributed by atoms with E-state index < -0.39 is 0 Å². The van der Waals surface area contributed by atoms with E-state index >= 15 is 0 Å². The molecule has 1 heterocycles. The van der Waals surface area contributed by atoms with Crippen LogP contribution in [0.15, 0.2) is 54.1 Å². The number of carbonyl (C=O) groups excluding carboxylic acids is 1. The summed E-state index contributed by atoms with van der Waals surface area (Å²) >= 11 is 0. The standard InChI is InChI=1S/C23H24FN3O/c1-4-5-6-7-19-15(2)8-13-20-22(19)25-16(3)23(26-20)27-21(28)14-17-9-11-18(24)12-10-17/h4-7,9-12H,8,13-14H2,1-3H3,(H,26,27,28)/b5-4-,7-6-. The summed E-state index contributed by atoms with van der Waals surface area (Å²) in [5.41, 5.74) is 5.59. The number of amides is 1. The highest BCUT2D eigenvalue weighted by molar-refractivity contribution is 5.92. The van der Waals surface area contributed by atoms with E-state index in [0.717, 1.165) is 35.4 Å². The highest BCUT2D eigenvalue weighted by atomic mass is 19.1. The Hall–Kier alpha value is -3.08. The second kappa shape index (κ2) is 8.74. The Balaban J connectivity index is 1.81. The monoisotopic (exact) mass is 377 g/mol. The summed E-state index contributed by atoms with van der Waals surface area (Å²) in [5.74, 6) is -0.0231. The second-order valence-corrected chi connectivity index (χ2v) is 6.88. The van der Waals surface area contributed by atoms with Gasteiger partial charge in [-0.15, -0.1) is 0 Å². The number of halogens is 1. The summed E-state index contributed by atoms with van der Waals surface area (Å²) in [6.45, 7) is 5.94. The summed E-state index contributed by atoms with van der Waals surface area (Å²) < 4.78 is 13.0. The van der Waals surface area contributed by atoms with Gasteiger partial charge in [0.1, 0.15) is 5.82 Å². The fraction of sp³-hybridized carbons (Fsp3) is 0.261. The number of anilines is 1. The van der Waals surface area contributed by atoms with Gasteiger partial charge in [0.25, 0.3) is 0 Å². The number of nitrogens with one attached hydrogen (secondary N) is 1. The summed E-state index contributed by atoms with van der Waals surface area (Å²) in [7, 11) is 0. The molecule has 4 nitrogen and oxygen atoms in total. The molecular weight excluding hydrogens is 353 g/mol. The average molecular weight is 377 g/mol. The first kappa shape index (κ1) is 19.7. The number of fused-ring (bicyclic) bond motifs is 1. The van der Waals surface area contributed by atoms with E-state index in [9.17, 15) is 9.18 Å². The van der Waals surface area contributed by atoms with Gasteiger partial charge in [0, 0.05) is 5.57 Å². The van der Waals surface area contributed by atoms with Crippen molar-refractivity contribution in [2.24, 2.45) is 0 Å². The lowest BCUT2D eigenvalue weighted by Crippen LogP contribution is -2.19. The Labute approximate surface area is 164 Å². The third-order valence-electron chi connectivity index (χ3n) is 4.70. The zero-order chi connectivity index (χ0) is 20.1. The fourth-order valence-corrected chi connectivity index (χ4v) is 3.15. The molecule has 0 fully saturated rings. The molecule has 28 heavy (non-hydrogen) atoms. The van der Waals surface area contributed by atoms with Crippen molar-refractivity contribution in [2.45, 2.75) is 40.0 Å². The lowest BCUT2D eigenvalue weighted by molar-refractivity contribution is -0.115. The number of hydrogen-bond donors (Lipinski definition) is 1. The summed E-state index contributed by atoms with van der Waals surface area (Å²) in [6.07, 6.45) is 9.91. The first-order valence-electron chi connectivity index (χ1n) is 9.39. The molecule has 1 aliphatic carbocycles. The predicted octanol–water partition coefficient (Wildman–Crippen LogP) is 4.96. The van der Waals surface area contributed by atoms with Gasteiger partial charge in [-0.2, -0.15) is 0 Å². The summed E-state index contributed by atoms with van der Waals surface area (Å²) in [4.78, 5) is 21.8. The Morgan fingerprint density at radius 2 is 1.89 bits per heavy atom. The van der Waals surface area contributed by atoms with Gasteiger partial charge in [-0.1, -0.05) is 42.0 Å². The number of hydrogen-bond acceptors (Lipinski definition) is 3. The predicted molar refractivity (Wildman–Crippen MR) is 110 cm³/mol. The van der Waals surface area contributed by atoms with E-state index in [2.05, 4.69) is 23.3 Å². The number of aryl methyl sites for hydroxylation is 2. The normalized spacial score (nSPS) is 14.0. The lowest BCUT2D eigenvalue weighted by Gasteiger charge is -2.20. The van der Waals surface area contributed by atoms with Crippen LogP contribution in [0.4, 0.5) is 10.2 Å². The van der Waals surface area contributed by atoms with Crippen molar-refractivity contribution in [1.82, 2.24) is 9.97 Å². The van der Waals surface area contributed by atoms with E-state index in [1.807, 2.05) is 32.1 Å². The molecule has 1 aromatic carbocycles. The molecule has 0 atom stereocenters. The molecule has 2 aromatic rings. The van der Waals surface area contributed by atoms with Crippen LogP contribution in [0.25, 0.3) is 5.57 Å². The number of aromatic nitrogens is 2. The van der Waals surface area contributed by atoms with Crippen LogP contribution in [0.1, 0.15) is 42.9 Å². The van der Waals surface area contributed by atoms with Gasteiger partial charge in [-0.05, 0) is 51.3 Å². The van der Waals surface area contributed by atoms with Crippen LogP contribution in [0.5, 0.6) is 0 Å². The summed E-state index contributed by atoms with van der Waals surface area (Å²) in [6, 6.07) is 5.92. The summed E-state index contributed by atoms with van der Waals surface area (Å²) in [5, 5.41) is 2.85. The maximum absolute atomic E-state index is 13.0. The van der Waals surface area contributed by atoms with Gasteiger partial charge in [0.15, 0.2) is 5.82 Å². The van der Waals surface area contributed by atoms with Gasteiger partial charge < -0.3 is 5.32 Å². The molecule has 1 amide bonds. The molecule has 1 aromatic heterocycles. The molecular formula is C23H24FN3O. The minimum atomic E-state index is -0.316. The molecule has 5 heteroatoms. The molecule has 0 aliphatic heterocycles. The van der Waals surface area contributed by atoms with Gasteiger partial charge in [-0.3, -0.25) is 4.79 Å². The van der Waals surface area contributed by atoms with Crippen LogP contribution in [0.2, 0.25) is 0 Å². The third-order valence-corrected chi connectivity index (χ3v) is 4.70. The largest absolute Gasteiger partial charge is 0.309 e. The van der Waals surface area contributed by atoms with E-state index in [0.29, 0.717) is 11.5 Å². The first-order chi connectivity index (χ1) is 13.5. The minimum absolute atomic E-state index is 0.162. The molecule has 144 valence electrons. The zero-order valence-electron chi connectivity index (χ0n) is 16.4. The van der Waals surface area contributed by atoms with Gasteiger partial charge >= 0.3 is 0 Å². The van der Waals surface area contributed by atoms with Crippen LogP contribution >= 0.6 is 0 Å². The molecule has 0 radical (unpaired) electrons. The van der Waals surface area contributed by atoms with E-state index in [-0.39, 0.29) is 18.1 Å². The van der Waals surface area contributed by atoms with Gasteiger partial charge in [-0.25, -0.2) is 14.4 Å². The van der Waals surface area contributed by atoms with Gasteiger partial charge in [0.2, 0.25) is 5.91 Å². The fourth-order valence-electron chi connectivity index (χ4n) is 3.15. The van der Waals surface area contributed by atoms with Crippen molar-refractivity contribution in [3.8, 4) is 0 Å². The number of benzene rings is 1. The van der Waals surface area contributed by atoms with E-state index in [4.69, 9.17) is 4.98 Å². The maximum atomic E-state index is 13.0. The van der Waals surface area contributed by atoms with Crippen LogP contribution in [-0.2, 0) is 17.6 Å². The van der Waals surface area contributed by atoms with Crippen molar-refractivity contribution in [1.29, 1.82) is 0 Å². The van der Waals surface area contributed by atoms with Crippen LogP contribution in [0.3, 0.4) is 0 Å². The second-order valence-electron chi connectivity index (χ2n) is 6.88. The highest BCUT2D eigenvalue weighted by Crippen LogP contribution is 2.31. The van der Waals surface area contributed by atoms with Crippen molar-refractivity contribution >= 4 is 17.3 Å². The molecule has 0 spiro atoms. The minimum Gasteiger partial charge on any atom is -0.309 e. The van der Waals surface area contributed by atoms with Crippen molar-refractivity contribution in [2.75, 3.05) is 5.32 Å². The van der Waals surface area contributed by atoms with Crippen LogP contribution in [0, 0.1) is 12.7 Å². The number of carbonyl (C=O) groups is 1. The molecule has 1 aliphatic rings. The van der Waals surface area contributed by atoms with Crippen LogP contribution in [-0.4, -0.2) is 15.9 Å². The number of rotatable bonds is 5. The maximum Gasteiger partial charge on any atom is 0.229 e. The van der Waals surface area contributed by atoms with Crippen molar-refractivity contribution < 1.29 is 9.18 Å². The Morgan fingerprint density at radius 3 is 2.61 bits per heavy atom. The SMILES string of the molecule is C/C=C\C=C/C1=C(C)CCc2nc(NC(=O)Cc3ccc(F)cc3)c(C)nc21. The molecule has 0 saturated carbocycles. The van der Waals surface area contributed by atoms with Crippen LogP contribution < -0.4 is 5.32 Å². The zero-order valence-corrected chi connectivity index (χ0v) is 16.4. The van der Waals surface area contributed by atoms with E-state index in [1.165, 1.54) is 17.7 Å². The average Bonchev–Trinajstić information content (AvgIpc) is 2.66. The van der Waals surface area contributed by atoms with Crippen molar-refractivity contribution in [3.63, 3.8) is 0 Å². The van der Waals surface area contributed by atoms with E-state index in [1.54, 1.807) is 12.1 Å². The van der Waals surface area contributed by atoms with Gasteiger partial charge in [0.05, 0.1) is 23.5 Å². The molecule has 1 N–H and O–H groups in total. The molecule has 3 rings (SSSR count). The smallest absolute Gasteiger partial charge is 0.229 e. The number of allylic oxidation sites excluding steroid dienone is 6. The Kier molecular flexibility index (Phi) is 6.14. The number of nitrogens with zero attached hydrogens (tertiary/aromatic N) is 2. The molecule has 0 unspecified atom stereocenters. The third kappa shape index (κ3) is 4.60. The topological polar surface area (TPSA) is 54.9 Å². The Morgan fingerprint density at radius 1 is 1.14 bits per heavy atom. The highest BCUT2D eigenvalue weighted by Gasteiger charge is 2.20.